The average Bonchev–Trinajstić information content (AvgIpc) is 2.75. The number of nitrogens with zero attached hydrogens (tertiary/aromatic N) is 1. The largest absolute Gasteiger partial charge is 0.243 e. The Bertz CT molecular complexity index is 461. The van der Waals surface area contributed by atoms with Crippen LogP contribution in [0.15, 0.2) is 33.6 Å². The summed E-state index contributed by atoms with van der Waals surface area (Å²) in [5.41, 5.74) is 5.49. The molecular weight excluding hydrogens is 282 g/mol. The van der Waals surface area contributed by atoms with Crippen LogP contribution in [0.2, 0.25) is 0 Å². The molecule has 0 aliphatic rings. The predicted octanol–water partition coefficient (Wildman–Crippen LogP) is 5.09. The Morgan fingerprint density at radius 1 is 1.31 bits per heavy atom. The highest BCUT2D eigenvalue weighted by molar-refractivity contribution is 9.11. The molecule has 0 spiro atoms. The minimum Gasteiger partial charge on any atom is -0.243 e. The zero-order chi connectivity index (χ0) is 11.5. The van der Waals surface area contributed by atoms with Crippen molar-refractivity contribution in [2.24, 2.45) is 0 Å². The Hall–Kier alpha value is -0.670. The number of thiazole rings is 1. The van der Waals surface area contributed by atoms with Crippen molar-refractivity contribution in [3.63, 3.8) is 0 Å². The molecule has 0 saturated heterocycles. The second-order valence-electron chi connectivity index (χ2n) is 3.91. The molecule has 0 amide bonds. The summed E-state index contributed by atoms with van der Waals surface area (Å²) < 4.78 is 1.10. The van der Waals surface area contributed by atoms with Gasteiger partial charge in [-0.2, -0.15) is 0 Å². The molecule has 2 rings (SSSR count). The zero-order valence-corrected chi connectivity index (χ0v) is 11.8. The third-order valence-electron chi connectivity index (χ3n) is 2.89. The normalized spacial score (nSPS) is 12.7. The van der Waals surface area contributed by atoms with Gasteiger partial charge in [0.05, 0.1) is 15.0 Å². The Kier molecular flexibility index (Phi) is 3.77. The maximum Gasteiger partial charge on any atom is 0.0976 e. The molecule has 0 N–H and O–H groups in total. The monoisotopic (exact) mass is 295 g/mol. The summed E-state index contributed by atoms with van der Waals surface area (Å²) in [5.74, 6) is 0.632. The Balaban J connectivity index is 2.30. The Morgan fingerprint density at radius 3 is 2.50 bits per heavy atom. The van der Waals surface area contributed by atoms with Gasteiger partial charge < -0.3 is 0 Å². The predicted molar refractivity (Wildman–Crippen MR) is 74.0 cm³/mol. The minimum atomic E-state index is 0.632. The van der Waals surface area contributed by atoms with Crippen LogP contribution >= 0.6 is 27.3 Å². The van der Waals surface area contributed by atoms with E-state index in [0.717, 1.165) is 9.48 Å². The van der Waals surface area contributed by atoms with E-state index in [9.17, 15) is 0 Å². The topological polar surface area (TPSA) is 12.9 Å². The van der Waals surface area contributed by atoms with Gasteiger partial charge in [-0.15, -0.1) is 11.3 Å². The second kappa shape index (κ2) is 5.11. The lowest BCUT2D eigenvalue weighted by molar-refractivity contribution is 0.734. The molecule has 0 saturated carbocycles. The fraction of sp³-hybridized carbons (Fsp3) is 0.308. The van der Waals surface area contributed by atoms with Crippen LogP contribution in [-0.2, 0) is 0 Å². The van der Waals surface area contributed by atoms with Crippen molar-refractivity contribution in [1.29, 1.82) is 0 Å². The molecule has 16 heavy (non-hydrogen) atoms. The SMILES string of the molecule is CCC(C)c1ccc(-c2ncsc2Br)cc1. The van der Waals surface area contributed by atoms with E-state index in [1.807, 2.05) is 5.51 Å². The van der Waals surface area contributed by atoms with E-state index in [2.05, 4.69) is 59.0 Å². The maximum absolute atomic E-state index is 4.35. The van der Waals surface area contributed by atoms with Crippen LogP contribution in [0.25, 0.3) is 11.3 Å². The third-order valence-corrected chi connectivity index (χ3v) is 4.44. The zero-order valence-electron chi connectivity index (χ0n) is 9.40. The molecule has 1 heterocycles. The standard InChI is InChI=1S/C13H14BrNS/c1-3-9(2)10-4-6-11(7-5-10)12-13(14)16-8-15-12/h4-9H,3H2,1-2H3. The van der Waals surface area contributed by atoms with E-state index in [1.165, 1.54) is 17.5 Å². The van der Waals surface area contributed by atoms with E-state index in [4.69, 9.17) is 0 Å². The summed E-state index contributed by atoms with van der Waals surface area (Å²) in [7, 11) is 0. The van der Waals surface area contributed by atoms with Crippen molar-refractivity contribution in [2.75, 3.05) is 0 Å². The second-order valence-corrected chi connectivity index (χ2v) is 6.08. The van der Waals surface area contributed by atoms with Gasteiger partial charge in [-0.05, 0) is 33.8 Å². The summed E-state index contributed by atoms with van der Waals surface area (Å²) in [6, 6.07) is 8.72. The molecule has 0 aliphatic carbocycles. The van der Waals surface area contributed by atoms with E-state index in [1.54, 1.807) is 11.3 Å². The van der Waals surface area contributed by atoms with Gasteiger partial charge in [-0.3, -0.25) is 0 Å². The number of aromatic nitrogens is 1. The van der Waals surface area contributed by atoms with Gasteiger partial charge in [0.15, 0.2) is 0 Å². The van der Waals surface area contributed by atoms with Crippen LogP contribution in [0.4, 0.5) is 0 Å². The summed E-state index contributed by atoms with van der Waals surface area (Å²) in [6.45, 7) is 4.48. The lowest BCUT2D eigenvalue weighted by Gasteiger charge is -2.09. The van der Waals surface area contributed by atoms with Crippen LogP contribution in [0, 0.1) is 0 Å². The van der Waals surface area contributed by atoms with Crippen LogP contribution < -0.4 is 0 Å². The van der Waals surface area contributed by atoms with Gasteiger partial charge in [0, 0.05) is 5.56 Å². The fourth-order valence-electron chi connectivity index (χ4n) is 1.63. The van der Waals surface area contributed by atoms with Crippen LogP contribution in [0.1, 0.15) is 31.7 Å². The first-order chi connectivity index (χ1) is 7.72. The van der Waals surface area contributed by atoms with Crippen molar-refractivity contribution < 1.29 is 0 Å². The molecule has 84 valence electrons. The van der Waals surface area contributed by atoms with Crippen LogP contribution in [0.5, 0.6) is 0 Å². The third kappa shape index (κ3) is 2.36. The summed E-state index contributed by atoms with van der Waals surface area (Å²) in [4.78, 5) is 4.35. The van der Waals surface area contributed by atoms with Gasteiger partial charge in [-0.25, -0.2) is 4.98 Å². The van der Waals surface area contributed by atoms with Gasteiger partial charge in [0.2, 0.25) is 0 Å². The van der Waals surface area contributed by atoms with Crippen molar-refractivity contribution in [2.45, 2.75) is 26.2 Å². The molecule has 0 radical (unpaired) electrons. The molecule has 0 bridgehead atoms. The number of benzene rings is 1. The average molecular weight is 296 g/mol. The molecule has 1 aromatic heterocycles. The van der Waals surface area contributed by atoms with Crippen LogP contribution in [0.3, 0.4) is 0 Å². The van der Waals surface area contributed by atoms with Crippen LogP contribution in [-0.4, -0.2) is 4.98 Å². The number of rotatable bonds is 3. The molecule has 3 heteroatoms. The van der Waals surface area contributed by atoms with Gasteiger partial charge in [-0.1, -0.05) is 38.1 Å². The number of halogens is 1. The van der Waals surface area contributed by atoms with Gasteiger partial charge >= 0.3 is 0 Å². The number of hydrogen-bond donors (Lipinski definition) is 0. The van der Waals surface area contributed by atoms with Crippen molar-refractivity contribution in [3.8, 4) is 11.3 Å². The molecule has 0 aliphatic heterocycles. The molecular formula is C13H14BrNS. The first kappa shape index (κ1) is 11.8. The van der Waals surface area contributed by atoms with Crippen molar-refractivity contribution >= 4 is 27.3 Å². The Morgan fingerprint density at radius 2 is 2.00 bits per heavy atom. The van der Waals surface area contributed by atoms with Gasteiger partial charge in [0.25, 0.3) is 0 Å². The lowest BCUT2D eigenvalue weighted by atomic mass is 9.97. The molecule has 1 nitrogen and oxygen atoms in total. The smallest absolute Gasteiger partial charge is 0.0976 e. The van der Waals surface area contributed by atoms with E-state index >= 15 is 0 Å². The highest BCUT2D eigenvalue weighted by Crippen LogP contribution is 2.31. The molecule has 1 aromatic carbocycles. The highest BCUT2D eigenvalue weighted by Gasteiger charge is 2.07. The minimum absolute atomic E-state index is 0.632. The van der Waals surface area contributed by atoms with E-state index in [-0.39, 0.29) is 0 Å². The Labute approximate surface area is 109 Å². The van der Waals surface area contributed by atoms with E-state index in [0.29, 0.717) is 5.92 Å². The first-order valence-electron chi connectivity index (χ1n) is 5.41. The lowest BCUT2D eigenvalue weighted by Crippen LogP contribution is -1.90. The highest BCUT2D eigenvalue weighted by atomic mass is 79.9. The fourth-order valence-corrected chi connectivity index (χ4v) is 2.74. The first-order valence-corrected chi connectivity index (χ1v) is 7.09. The molecule has 0 fully saturated rings. The molecule has 2 aromatic rings. The van der Waals surface area contributed by atoms with Crippen molar-refractivity contribution in [3.05, 3.63) is 39.1 Å². The molecule has 1 unspecified atom stereocenters. The summed E-state index contributed by atoms with van der Waals surface area (Å²) in [6.07, 6.45) is 1.18. The maximum atomic E-state index is 4.35. The number of hydrogen-bond acceptors (Lipinski definition) is 2. The van der Waals surface area contributed by atoms with E-state index < -0.39 is 0 Å². The van der Waals surface area contributed by atoms with Crippen molar-refractivity contribution in [1.82, 2.24) is 4.98 Å². The quantitative estimate of drug-likeness (QED) is 0.769. The van der Waals surface area contributed by atoms with Gasteiger partial charge in [0.1, 0.15) is 0 Å². The summed E-state index contributed by atoms with van der Waals surface area (Å²) >= 11 is 5.14. The molecule has 1 atom stereocenters. The summed E-state index contributed by atoms with van der Waals surface area (Å²) in [5, 5.41) is 0.